The molecule has 0 aromatic carbocycles. The third-order valence-corrected chi connectivity index (χ3v) is 2.41. The second kappa shape index (κ2) is 5.98. The summed E-state index contributed by atoms with van der Waals surface area (Å²) < 4.78 is 4.80. The number of aliphatic carboxylic acids is 1. The van der Waals surface area contributed by atoms with Gasteiger partial charge in [-0.25, -0.2) is 0 Å². The van der Waals surface area contributed by atoms with Gasteiger partial charge in [-0.15, -0.1) is 0 Å². The van der Waals surface area contributed by atoms with Crippen LogP contribution in [0.3, 0.4) is 0 Å². The van der Waals surface area contributed by atoms with E-state index in [0.717, 1.165) is 6.08 Å². The van der Waals surface area contributed by atoms with Crippen molar-refractivity contribution in [2.24, 2.45) is 0 Å². The number of carboxylic acid groups (broad SMARTS) is 1. The second-order valence-corrected chi connectivity index (χ2v) is 3.71. The van der Waals surface area contributed by atoms with Crippen molar-refractivity contribution in [3.8, 4) is 0 Å². The van der Waals surface area contributed by atoms with E-state index in [-0.39, 0.29) is 23.7 Å². The van der Waals surface area contributed by atoms with Gasteiger partial charge in [0.25, 0.3) is 0 Å². The predicted octanol–water partition coefficient (Wildman–Crippen LogP) is 1.24. The third-order valence-electron chi connectivity index (χ3n) is 2.41. The fourth-order valence-corrected chi connectivity index (χ4v) is 1.56. The zero-order valence-electron chi connectivity index (χ0n) is 9.56. The number of ketones is 2. The Balaban J connectivity index is 2.51. The number of ether oxygens (including phenoxy) is 1. The number of hydrogen-bond donors (Lipinski definition) is 1. The Hall–Kier alpha value is -1.91. The molecule has 0 aromatic rings. The van der Waals surface area contributed by atoms with Gasteiger partial charge in [-0.3, -0.25) is 14.4 Å². The average Bonchev–Trinajstić information content (AvgIpc) is 2.28. The summed E-state index contributed by atoms with van der Waals surface area (Å²) in [5.74, 6) is -1.37. The molecule has 0 heterocycles. The normalized spacial score (nSPS) is 15.4. The third kappa shape index (κ3) is 3.86. The summed E-state index contributed by atoms with van der Waals surface area (Å²) in [5.41, 5.74) is 0.389. The van der Waals surface area contributed by atoms with Crippen LogP contribution in [0.4, 0.5) is 0 Å². The molecular weight excluding hydrogens is 224 g/mol. The Morgan fingerprint density at radius 1 is 1.29 bits per heavy atom. The summed E-state index contributed by atoms with van der Waals surface area (Å²) in [6, 6.07) is 0. The molecule has 1 aliphatic rings. The number of allylic oxidation sites excluding steroid dienone is 3. The molecule has 0 atom stereocenters. The van der Waals surface area contributed by atoms with Gasteiger partial charge in [-0.1, -0.05) is 0 Å². The van der Waals surface area contributed by atoms with Gasteiger partial charge in [-0.05, 0) is 25.3 Å². The molecule has 0 aromatic heterocycles. The summed E-state index contributed by atoms with van der Waals surface area (Å²) in [6.45, 7) is 0. The molecule has 0 bridgehead atoms. The standard InChI is InChI=1S/C12H14O5/c1-17-10-7-9(13)6-8(12(10)16)4-2-3-5-11(14)15/h6-7H,2-5H2,1H3,(H,14,15). The predicted molar refractivity (Wildman–Crippen MR) is 59.3 cm³/mol. The minimum Gasteiger partial charge on any atom is -0.493 e. The summed E-state index contributed by atoms with van der Waals surface area (Å²) in [5, 5.41) is 8.46. The number of Topliss-reactive ketones (excluding diaryl/α,β-unsaturated/α-hetero) is 1. The number of carbonyl (C=O) groups excluding carboxylic acids is 2. The van der Waals surface area contributed by atoms with Gasteiger partial charge in [0.1, 0.15) is 0 Å². The highest BCUT2D eigenvalue weighted by molar-refractivity contribution is 6.19. The van der Waals surface area contributed by atoms with Gasteiger partial charge in [0, 0.05) is 18.1 Å². The van der Waals surface area contributed by atoms with E-state index in [0.29, 0.717) is 24.8 Å². The Bertz CT molecular complexity index is 403. The summed E-state index contributed by atoms with van der Waals surface area (Å²) in [4.78, 5) is 33.3. The highest BCUT2D eigenvalue weighted by Crippen LogP contribution is 2.19. The van der Waals surface area contributed by atoms with Crippen LogP contribution >= 0.6 is 0 Å². The number of unbranched alkanes of at least 4 members (excludes halogenated alkanes) is 1. The molecule has 17 heavy (non-hydrogen) atoms. The summed E-state index contributed by atoms with van der Waals surface area (Å²) in [6.07, 6.45) is 3.96. The fraction of sp³-hybridized carbons (Fsp3) is 0.417. The highest BCUT2D eigenvalue weighted by Gasteiger charge is 2.21. The van der Waals surface area contributed by atoms with Crippen molar-refractivity contribution in [3.63, 3.8) is 0 Å². The first-order chi connectivity index (χ1) is 8.04. The second-order valence-electron chi connectivity index (χ2n) is 3.71. The molecule has 0 saturated heterocycles. The Labute approximate surface area is 98.8 Å². The molecular formula is C12H14O5. The molecule has 0 aliphatic heterocycles. The van der Waals surface area contributed by atoms with Crippen LogP contribution in [0.5, 0.6) is 0 Å². The van der Waals surface area contributed by atoms with Crippen LogP contribution in [0.2, 0.25) is 0 Å². The van der Waals surface area contributed by atoms with Crippen molar-refractivity contribution >= 4 is 17.5 Å². The molecule has 0 amide bonds. The van der Waals surface area contributed by atoms with E-state index >= 15 is 0 Å². The van der Waals surface area contributed by atoms with Crippen molar-refractivity contribution in [2.75, 3.05) is 7.11 Å². The minimum absolute atomic E-state index is 0.0470. The molecule has 5 heteroatoms. The van der Waals surface area contributed by atoms with Crippen LogP contribution in [-0.4, -0.2) is 29.8 Å². The van der Waals surface area contributed by atoms with E-state index in [2.05, 4.69) is 0 Å². The van der Waals surface area contributed by atoms with Crippen LogP contribution in [0.1, 0.15) is 25.7 Å². The van der Waals surface area contributed by atoms with Gasteiger partial charge in [0.15, 0.2) is 11.5 Å². The molecule has 1 aliphatic carbocycles. The molecule has 1 N–H and O–H groups in total. The molecule has 0 spiro atoms. The molecule has 1 rings (SSSR count). The quantitative estimate of drug-likeness (QED) is 0.556. The minimum atomic E-state index is -0.859. The smallest absolute Gasteiger partial charge is 0.303 e. The zero-order chi connectivity index (χ0) is 12.8. The summed E-state index contributed by atoms with van der Waals surface area (Å²) >= 11 is 0. The topological polar surface area (TPSA) is 80.7 Å². The van der Waals surface area contributed by atoms with E-state index in [1.807, 2.05) is 0 Å². The fourth-order valence-electron chi connectivity index (χ4n) is 1.56. The van der Waals surface area contributed by atoms with Crippen LogP contribution in [-0.2, 0) is 19.1 Å². The first-order valence-electron chi connectivity index (χ1n) is 5.31. The van der Waals surface area contributed by atoms with Gasteiger partial charge in [-0.2, -0.15) is 0 Å². The van der Waals surface area contributed by atoms with E-state index in [9.17, 15) is 14.4 Å². The SMILES string of the molecule is COC1=CC(=O)C=C(CCCCC(=O)O)C1=O. The lowest BCUT2D eigenvalue weighted by Crippen LogP contribution is -2.15. The maximum atomic E-state index is 11.7. The van der Waals surface area contributed by atoms with Crippen LogP contribution in [0, 0.1) is 0 Å². The van der Waals surface area contributed by atoms with Crippen molar-refractivity contribution < 1.29 is 24.2 Å². The number of carboxylic acids is 1. The Morgan fingerprint density at radius 2 is 2.00 bits per heavy atom. The monoisotopic (exact) mass is 238 g/mol. The van der Waals surface area contributed by atoms with Gasteiger partial charge >= 0.3 is 5.97 Å². The van der Waals surface area contributed by atoms with E-state index < -0.39 is 5.97 Å². The maximum Gasteiger partial charge on any atom is 0.303 e. The first kappa shape index (κ1) is 13.2. The van der Waals surface area contributed by atoms with Crippen molar-refractivity contribution in [1.82, 2.24) is 0 Å². The van der Waals surface area contributed by atoms with Crippen LogP contribution in [0.15, 0.2) is 23.5 Å². The lowest BCUT2D eigenvalue weighted by Gasteiger charge is -2.11. The number of carbonyl (C=O) groups is 3. The summed E-state index contributed by atoms with van der Waals surface area (Å²) in [7, 11) is 1.34. The zero-order valence-corrected chi connectivity index (χ0v) is 9.56. The molecule has 0 saturated carbocycles. The van der Waals surface area contributed by atoms with Gasteiger partial charge in [0.2, 0.25) is 5.78 Å². The molecule has 0 radical (unpaired) electrons. The number of hydrogen-bond acceptors (Lipinski definition) is 4. The van der Waals surface area contributed by atoms with Gasteiger partial charge < -0.3 is 9.84 Å². The van der Waals surface area contributed by atoms with E-state index in [1.165, 1.54) is 13.2 Å². The molecule has 5 nitrogen and oxygen atoms in total. The van der Waals surface area contributed by atoms with Gasteiger partial charge in [0.05, 0.1) is 7.11 Å². The number of rotatable bonds is 6. The largest absolute Gasteiger partial charge is 0.493 e. The molecule has 0 fully saturated rings. The Kier molecular flexibility index (Phi) is 4.63. The van der Waals surface area contributed by atoms with Crippen molar-refractivity contribution in [3.05, 3.63) is 23.5 Å². The van der Waals surface area contributed by atoms with E-state index in [1.54, 1.807) is 0 Å². The highest BCUT2D eigenvalue weighted by atomic mass is 16.5. The molecule has 0 unspecified atom stereocenters. The maximum absolute atomic E-state index is 11.7. The molecule has 92 valence electrons. The average molecular weight is 238 g/mol. The first-order valence-corrected chi connectivity index (χ1v) is 5.31. The van der Waals surface area contributed by atoms with Crippen molar-refractivity contribution in [1.29, 1.82) is 0 Å². The van der Waals surface area contributed by atoms with Crippen molar-refractivity contribution in [2.45, 2.75) is 25.7 Å². The lowest BCUT2D eigenvalue weighted by atomic mass is 9.96. The lowest BCUT2D eigenvalue weighted by molar-refractivity contribution is -0.137. The van der Waals surface area contributed by atoms with Crippen LogP contribution in [0.25, 0.3) is 0 Å². The van der Waals surface area contributed by atoms with E-state index in [4.69, 9.17) is 9.84 Å². The number of methoxy groups -OCH3 is 1. The Morgan fingerprint density at radius 3 is 2.59 bits per heavy atom. The van der Waals surface area contributed by atoms with Crippen LogP contribution < -0.4 is 0 Å².